The fourth-order valence-electron chi connectivity index (χ4n) is 5.51. The molecule has 164 valence electrons. The van der Waals surface area contributed by atoms with E-state index < -0.39 is 0 Å². The highest BCUT2D eigenvalue weighted by atomic mass is 32.1. The van der Waals surface area contributed by atoms with Crippen LogP contribution in [0, 0.1) is 0 Å². The van der Waals surface area contributed by atoms with Crippen molar-refractivity contribution in [3.05, 3.63) is 115 Å². The maximum Gasteiger partial charge on any atom is 0.0839 e. The molecule has 35 heavy (non-hydrogen) atoms. The lowest BCUT2D eigenvalue weighted by Crippen LogP contribution is -1.92. The first-order valence-electron chi connectivity index (χ1n) is 11.7. The van der Waals surface area contributed by atoms with Crippen LogP contribution in [0.5, 0.6) is 0 Å². The van der Waals surface area contributed by atoms with Crippen LogP contribution in [0.1, 0.15) is 0 Å². The topological polar surface area (TPSA) is 22.2 Å². The number of para-hydroxylation sites is 2. The van der Waals surface area contributed by atoms with Crippen LogP contribution in [0.3, 0.4) is 0 Å². The Morgan fingerprint density at radius 2 is 1.29 bits per heavy atom. The fraction of sp³-hybridized carbons (Fsp3) is 0. The van der Waals surface area contributed by atoms with E-state index >= 15 is 0 Å². The van der Waals surface area contributed by atoms with Gasteiger partial charge in [0.05, 0.1) is 33.0 Å². The lowest BCUT2D eigenvalue weighted by atomic mass is 9.99. The lowest BCUT2D eigenvalue weighted by Gasteiger charge is -2.09. The van der Waals surface area contributed by atoms with Crippen molar-refractivity contribution in [2.75, 3.05) is 0 Å². The van der Waals surface area contributed by atoms with E-state index in [0.29, 0.717) is 0 Å². The molecule has 4 heteroatoms. The lowest BCUT2D eigenvalue weighted by molar-refractivity contribution is 1.01. The van der Waals surface area contributed by atoms with Crippen LogP contribution in [0.15, 0.2) is 115 Å². The molecule has 0 saturated carbocycles. The van der Waals surface area contributed by atoms with Gasteiger partial charge in [0, 0.05) is 27.2 Å². The monoisotopic (exact) mass is 465 g/mol. The summed E-state index contributed by atoms with van der Waals surface area (Å²) in [4.78, 5) is 0. The number of nitrogens with zero attached hydrogens (tertiary/aromatic N) is 3. The Morgan fingerprint density at radius 1 is 0.543 bits per heavy atom. The van der Waals surface area contributed by atoms with E-state index in [4.69, 9.17) is 0 Å². The zero-order valence-corrected chi connectivity index (χ0v) is 19.5. The van der Waals surface area contributed by atoms with Crippen LogP contribution in [0.25, 0.3) is 65.1 Å². The van der Waals surface area contributed by atoms with Crippen LogP contribution in [-0.4, -0.2) is 14.2 Å². The Morgan fingerprint density at radius 3 is 2.20 bits per heavy atom. The normalized spacial score (nSPS) is 12.0. The molecule has 0 unspecified atom stereocenters. The van der Waals surface area contributed by atoms with Gasteiger partial charge in [-0.3, -0.25) is 0 Å². The van der Waals surface area contributed by atoms with Crippen molar-refractivity contribution < 1.29 is 0 Å². The molecule has 3 nitrogen and oxygen atoms in total. The van der Waals surface area contributed by atoms with Gasteiger partial charge in [0.1, 0.15) is 0 Å². The van der Waals surface area contributed by atoms with Gasteiger partial charge in [0.15, 0.2) is 0 Å². The number of pyridine rings is 1. The van der Waals surface area contributed by atoms with Crippen LogP contribution < -0.4 is 0 Å². The predicted octanol–water partition coefficient (Wildman–Crippen LogP) is 8.47. The molecule has 0 N–H and O–H groups in total. The van der Waals surface area contributed by atoms with E-state index in [0.717, 1.165) is 5.52 Å². The standard InChI is InChI=1S/C31H19N3S/c1-2-6-22(7-3-1)33-27-9-5-4-8-23(27)25-18-21(11-13-28(25)33)20-10-12-24-26(19-20)31-30(15-17-35-31)34-29(24)14-16-32-34/h1-19H. The molecule has 4 aromatic heterocycles. The predicted molar refractivity (Wildman–Crippen MR) is 148 cm³/mol. The minimum atomic E-state index is 1.15. The van der Waals surface area contributed by atoms with Crippen molar-refractivity contribution in [1.29, 1.82) is 0 Å². The quantitative estimate of drug-likeness (QED) is 0.251. The molecule has 8 aromatic rings. The van der Waals surface area contributed by atoms with Crippen molar-refractivity contribution in [2.45, 2.75) is 0 Å². The second-order valence-corrected chi connectivity index (χ2v) is 9.86. The molecule has 0 aliphatic heterocycles. The van der Waals surface area contributed by atoms with E-state index in [9.17, 15) is 0 Å². The second-order valence-electron chi connectivity index (χ2n) is 8.94. The summed E-state index contributed by atoms with van der Waals surface area (Å²) >= 11 is 1.78. The Balaban J connectivity index is 1.40. The molecule has 0 fully saturated rings. The summed E-state index contributed by atoms with van der Waals surface area (Å²) in [7, 11) is 0. The first-order chi connectivity index (χ1) is 17.4. The third-order valence-corrected chi connectivity index (χ3v) is 8.01. The van der Waals surface area contributed by atoms with Gasteiger partial charge in [-0.25, -0.2) is 4.52 Å². The Bertz CT molecular complexity index is 2060. The summed E-state index contributed by atoms with van der Waals surface area (Å²) in [6.45, 7) is 0. The van der Waals surface area contributed by atoms with E-state index in [2.05, 4.69) is 123 Å². The van der Waals surface area contributed by atoms with E-state index in [-0.39, 0.29) is 0 Å². The van der Waals surface area contributed by atoms with Crippen LogP contribution in [0.2, 0.25) is 0 Å². The summed E-state index contributed by atoms with van der Waals surface area (Å²) in [5.74, 6) is 0. The number of fused-ring (bicyclic) bond motifs is 9. The largest absolute Gasteiger partial charge is 0.309 e. The molecular weight excluding hydrogens is 446 g/mol. The molecule has 0 radical (unpaired) electrons. The van der Waals surface area contributed by atoms with Gasteiger partial charge >= 0.3 is 0 Å². The number of benzene rings is 4. The fourth-order valence-corrected chi connectivity index (χ4v) is 6.42. The van der Waals surface area contributed by atoms with Crippen molar-refractivity contribution in [1.82, 2.24) is 14.2 Å². The van der Waals surface area contributed by atoms with Gasteiger partial charge in [-0.2, -0.15) is 5.10 Å². The van der Waals surface area contributed by atoms with Crippen LogP contribution in [0.4, 0.5) is 0 Å². The molecule has 4 heterocycles. The SMILES string of the molecule is c1ccc(-n2c3ccccc3c3cc(-c4ccc5c(c4)c4sccc4n4nccc54)ccc32)cc1. The van der Waals surface area contributed by atoms with Gasteiger partial charge in [0.25, 0.3) is 0 Å². The van der Waals surface area contributed by atoms with Crippen molar-refractivity contribution in [2.24, 2.45) is 0 Å². The third kappa shape index (κ3) is 2.63. The highest BCUT2D eigenvalue weighted by Gasteiger charge is 2.15. The number of hydrogen-bond acceptors (Lipinski definition) is 2. The average Bonchev–Trinajstić information content (AvgIpc) is 3.66. The highest BCUT2D eigenvalue weighted by Crippen LogP contribution is 2.38. The maximum atomic E-state index is 4.56. The molecule has 8 rings (SSSR count). The van der Waals surface area contributed by atoms with E-state index in [1.165, 1.54) is 59.6 Å². The van der Waals surface area contributed by atoms with E-state index in [1.807, 2.05) is 6.20 Å². The van der Waals surface area contributed by atoms with Gasteiger partial charge in [-0.1, -0.05) is 54.6 Å². The molecular formula is C31H19N3S. The Labute approximate surface area is 205 Å². The van der Waals surface area contributed by atoms with E-state index in [1.54, 1.807) is 11.3 Å². The summed E-state index contributed by atoms with van der Waals surface area (Å²) in [6, 6.07) is 37.3. The highest BCUT2D eigenvalue weighted by molar-refractivity contribution is 7.18. The summed E-state index contributed by atoms with van der Waals surface area (Å²) in [5.41, 5.74) is 8.42. The van der Waals surface area contributed by atoms with Gasteiger partial charge < -0.3 is 4.57 Å². The number of thiophene rings is 1. The summed E-state index contributed by atoms with van der Waals surface area (Å²) in [6.07, 6.45) is 1.89. The maximum absolute atomic E-state index is 4.56. The minimum Gasteiger partial charge on any atom is -0.309 e. The summed E-state index contributed by atoms with van der Waals surface area (Å²) < 4.78 is 5.69. The van der Waals surface area contributed by atoms with Gasteiger partial charge in [0.2, 0.25) is 0 Å². The number of hydrogen-bond donors (Lipinski definition) is 0. The molecule has 0 aliphatic carbocycles. The molecule has 0 amide bonds. The molecule has 0 saturated heterocycles. The first-order valence-corrected chi connectivity index (χ1v) is 12.6. The second kappa shape index (κ2) is 7.05. The van der Waals surface area contributed by atoms with Crippen molar-refractivity contribution in [3.8, 4) is 16.8 Å². The number of rotatable bonds is 2. The Hall–Kier alpha value is -4.41. The zero-order chi connectivity index (χ0) is 22.9. The first kappa shape index (κ1) is 19.0. The minimum absolute atomic E-state index is 1.15. The summed E-state index contributed by atoms with van der Waals surface area (Å²) in [5, 5.41) is 11.8. The average molecular weight is 466 g/mol. The molecule has 0 bridgehead atoms. The molecule has 0 aliphatic rings. The van der Waals surface area contributed by atoms with Crippen LogP contribution in [-0.2, 0) is 0 Å². The smallest absolute Gasteiger partial charge is 0.0839 e. The number of aromatic nitrogens is 3. The van der Waals surface area contributed by atoms with Gasteiger partial charge in [-0.15, -0.1) is 11.3 Å². The van der Waals surface area contributed by atoms with Crippen molar-refractivity contribution >= 4 is 59.6 Å². The zero-order valence-electron chi connectivity index (χ0n) is 18.7. The molecule has 0 spiro atoms. The van der Waals surface area contributed by atoms with Crippen LogP contribution >= 0.6 is 11.3 Å². The molecule has 4 aromatic carbocycles. The van der Waals surface area contributed by atoms with Gasteiger partial charge in [-0.05, 0) is 65.0 Å². The molecule has 0 atom stereocenters. The third-order valence-electron chi connectivity index (χ3n) is 7.08. The Kier molecular flexibility index (Phi) is 3.82. The van der Waals surface area contributed by atoms with Crippen molar-refractivity contribution in [3.63, 3.8) is 0 Å².